The second-order valence-electron chi connectivity index (χ2n) is 2.90. The molecule has 0 N–H and O–H groups in total. The Morgan fingerprint density at radius 2 is 2.54 bits per heavy atom. The molecule has 4 nitrogen and oxygen atoms in total. The van der Waals surface area contributed by atoms with E-state index in [2.05, 4.69) is 4.74 Å². The van der Waals surface area contributed by atoms with Crippen LogP contribution in [0.2, 0.25) is 0 Å². The van der Waals surface area contributed by atoms with Crippen molar-refractivity contribution in [3.63, 3.8) is 0 Å². The molecular formula is C8H11FN2O2. The van der Waals surface area contributed by atoms with Crippen LogP contribution in [0.5, 0.6) is 0 Å². The Balaban J connectivity index is 2.33. The van der Waals surface area contributed by atoms with Gasteiger partial charge in [0.15, 0.2) is 6.61 Å². The van der Waals surface area contributed by atoms with Crippen molar-refractivity contribution in [3.05, 3.63) is 0 Å². The minimum absolute atomic E-state index is 0.0876. The number of carbonyl (C=O) groups is 1. The molecule has 1 fully saturated rings. The second-order valence-corrected chi connectivity index (χ2v) is 2.90. The molecule has 1 saturated heterocycles. The van der Waals surface area contributed by atoms with Crippen molar-refractivity contribution in [2.45, 2.75) is 19.0 Å². The van der Waals surface area contributed by atoms with Gasteiger partial charge in [-0.15, -0.1) is 0 Å². The Hall–Kier alpha value is -1.31. The maximum absolute atomic E-state index is 12.8. The zero-order valence-electron chi connectivity index (χ0n) is 7.20. The van der Waals surface area contributed by atoms with E-state index in [0.29, 0.717) is 19.4 Å². The molecule has 1 rings (SSSR count). The van der Waals surface area contributed by atoms with Crippen molar-refractivity contribution in [2.24, 2.45) is 0 Å². The van der Waals surface area contributed by atoms with Gasteiger partial charge in [0.2, 0.25) is 0 Å². The third-order valence-corrected chi connectivity index (χ3v) is 1.88. The van der Waals surface area contributed by atoms with Crippen molar-refractivity contribution in [1.82, 2.24) is 4.90 Å². The molecule has 13 heavy (non-hydrogen) atoms. The molecule has 0 bridgehead atoms. The normalized spacial score (nSPS) is 22.2. The highest BCUT2D eigenvalue weighted by Crippen LogP contribution is 2.13. The van der Waals surface area contributed by atoms with Crippen molar-refractivity contribution in [1.29, 1.82) is 5.26 Å². The van der Waals surface area contributed by atoms with Gasteiger partial charge in [-0.1, -0.05) is 0 Å². The average molecular weight is 186 g/mol. The van der Waals surface area contributed by atoms with Crippen LogP contribution in [0.15, 0.2) is 0 Å². The molecule has 0 aromatic heterocycles. The Morgan fingerprint density at radius 1 is 1.77 bits per heavy atom. The number of carbonyl (C=O) groups excluding carboxylic acids is 1. The molecule has 0 spiro atoms. The number of nitriles is 1. The van der Waals surface area contributed by atoms with Crippen molar-refractivity contribution >= 4 is 6.09 Å². The van der Waals surface area contributed by atoms with Gasteiger partial charge in [-0.3, -0.25) is 0 Å². The first-order valence-electron chi connectivity index (χ1n) is 4.16. The van der Waals surface area contributed by atoms with Crippen LogP contribution >= 0.6 is 0 Å². The summed E-state index contributed by atoms with van der Waals surface area (Å²) in [6, 6.07) is 1.69. The summed E-state index contributed by atoms with van der Waals surface area (Å²) < 4.78 is 17.3. The third-order valence-electron chi connectivity index (χ3n) is 1.88. The number of halogens is 1. The zero-order chi connectivity index (χ0) is 9.68. The van der Waals surface area contributed by atoms with E-state index in [9.17, 15) is 9.18 Å². The number of amides is 1. The Labute approximate surface area is 75.9 Å². The fourth-order valence-corrected chi connectivity index (χ4v) is 1.28. The van der Waals surface area contributed by atoms with Gasteiger partial charge in [0.1, 0.15) is 12.2 Å². The van der Waals surface area contributed by atoms with Crippen LogP contribution in [0, 0.1) is 11.3 Å². The van der Waals surface area contributed by atoms with E-state index in [-0.39, 0.29) is 13.2 Å². The zero-order valence-corrected chi connectivity index (χ0v) is 7.20. The van der Waals surface area contributed by atoms with E-state index in [0.717, 1.165) is 0 Å². The first-order valence-corrected chi connectivity index (χ1v) is 4.16. The predicted octanol–water partition coefficient (Wildman–Crippen LogP) is 1.08. The van der Waals surface area contributed by atoms with Crippen LogP contribution in [0.3, 0.4) is 0 Å². The number of ether oxygens (including phenoxy) is 1. The summed E-state index contributed by atoms with van der Waals surface area (Å²) >= 11 is 0. The van der Waals surface area contributed by atoms with Gasteiger partial charge < -0.3 is 9.64 Å². The van der Waals surface area contributed by atoms with E-state index >= 15 is 0 Å². The first-order chi connectivity index (χ1) is 6.24. The number of hydrogen-bond acceptors (Lipinski definition) is 3. The van der Waals surface area contributed by atoms with Crippen molar-refractivity contribution in [3.8, 4) is 6.07 Å². The van der Waals surface area contributed by atoms with E-state index in [4.69, 9.17) is 5.26 Å². The number of hydrogen-bond donors (Lipinski definition) is 0. The van der Waals surface area contributed by atoms with E-state index in [1.54, 1.807) is 6.07 Å². The van der Waals surface area contributed by atoms with E-state index < -0.39 is 12.3 Å². The fraction of sp³-hybridized carbons (Fsp3) is 0.750. The highest BCUT2D eigenvalue weighted by molar-refractivity contribution is 5.67. The predicted molar refractivity (Wildman–Crippen MR) is 42.7 cm³/mol. The van der Waals surface area contributed by atoms with Gasteiger partial charge in [0.25, 0.3) is 0 Å². The fourth-order valence-electron chi connectivity index (χ4n) is 1.28. The minimum Gasteiger partial charge on any atom is -0.434 e. The van der Waals surface area contributed by atoms with Crippen LogP contribution in [-0.2, 0) is 4.74 Å². The lowest BCUT2D eigenvalue weighted by atomic mass is 10.1. The number of rotatable bonds is 1. The molecule has 0 saturated carbocycles. The summed E-state index contributed by atoms with van der Waals surface area (Å²) in [5.74, 6) is 0. The summed E-state index contributed by atoms with van der Waals surface area (Å²) in [4.78, 5) is 12.4. The van der Waals surface area contributed by atoms with Crippen LogP contribution in [0.4, 0.5) is 9.18 Å². The Morgan fingerprint density at radius 3 is 3.15 bits per heavy atom. The lowest BCUT2D eigenvalue weighted by Gasteiger charge is -2.27. The molecule has 0 aromatic carbocycles. The first kappa shape index (κ1) is 9.78. The molecule has 1 atom stereocenters. The van der Waals surface area contributed by atoms with Crippen LogP contribution in [0.1, 0.15) is 12.8 Å². The number of likely N-dealkylation sites (tertiary alicyclic amines) is 1. The molecule has 1 aliphatic rings. The van der Waals surface area contributed by atoms with Crippen LogP contribution in [0.25, 0.3) is 0 Å². The quantitative estimate of drug-likeness (QED) is 0.615. The molecule has 1 amide bonds. The van der Waals surface area contributed by atoms with E-state index in [1.165, 1.54) is 4.90 Å². The van der Waals surface area contributed by atoms with Gasteiger partial charge in [0, 0.05) is 6.54 Å². The number of nitrogens with zero attached hydrogens (tertiary/aromatic N) is 2. The summed E-state index contributed by atoms with van der Waals surface area (Å²) in [5, 5.41) is 8.15. The molecular weight excluding hydrogens is 175 g/mol. The van der Waals surface area contributed by atoms with Gasteiger partial charge >= 0.3 is 6.09 Å². The van der Waals surface area contributed by atoms with Crippen molar-refractivity contribution in [2.75, 3.05) is 19.7 Å². The standard InChI is InChI=1S/C8H11FN2O2/c9-7-2-1-4-11(6-7)8(12)13-5-3-10/h7H,1-2,4-6H2. The SMILES string of the molecule is N#CCOC(=O)N1CCCC(F)C1. The number of piperidine rings is 1. The second kappa shape index (κ2) is 4.65. The summed E-state index contributed by atoms with van der Waals surface area (Å²) in [6.07, 6.45) is -0.391. The van der Waals surface area contributed by atoms with E-state index in [1.807, 2.05) is 0 Å². The largest absolute Gasteiger partial charge is 0.434 e. The molecule has 0 radical (unpaired) electrons. The summed E-state index contributed by atoms with van der Waals surface area (Å²) in [7, 11) is 0. The van der Waals surface area contributed by atoms with Gasteiger partial charge in [-0.2, -0.15) is 5.26 Å². The molecule has 0 aliphatic carbocycles. The maximum atomic E-state index is 12.8. The third kappa shape index (κ3) is 2.90. The topological polar surface area (TPSA) is 53.3 Å². The van der Waals surface area contributed by atoms with Crippen LogP contribution < -0.4 is 0 Å². The lowest BCUT2D eigenvalue weighted by Crippen LogP contribution is -2.41. The molecule has 1 heterocycles. The van der Waals surface area contributed by atoms with Gasteiger partial charge in [-0.25, -0.2) is 9.18 Å². The molecule has 0 aromatic rings. The molecule has 5 heteroatoms. The molecule has 72 valence electrons. The number of alkyl halides is 1. The molecule has 1 aliphatic heterocycles. The average Bonchev–Trinajstić information content (AvgIpc) is 2.14. The maximum Gasteiger partial charge on any atom is 0.410 e. The van der Waals surface area contributed by atoms with Gasteiger partial charge in [-0.05, 0) is 12.8 Å². The Bertz CT molecular complexity index is 227. The van der Waals surface area contributed by atoms with Crippen molar-refractivity contribution < 1.29 is 13.9 Å². The minimum atomic E-state index is -0.955. The lowest BCUT2D eigenvalue weighted by molar-refractivity contribution is 0.0846. The molecule has 1 unspecified atom stereocenters. The smallest absolute Gasteiger partial charge is 0.410 e. The van der Waals surface area contributed by atoms with Gasteiger partial charge in [0.05, 0.1) is 6.54 Å². The highest BCUT2D eigenvalue weighted by Gasteiger charge is 2.23. The monoisotopic (exact) mass is 186 g/mol. The Kier molecular flexibility index (Phi) is 3.50. The summed E-state index contributed by atoms with van der Waals surface area (Å²) in [6.45, 7) is 0.335. The van der Waals surface area contributed by atoms with Crippen LogP contribution in [-0.4, -0.2) is 36.9 Å². The summed E-state index contributed by atoms with van der Waals surface area (Å²) in [5.41, 5.74) is 0. The highest BCUT2D eigenvalue weighted by atomic mass is 19.1.